The van der Waals surface area contributed by atoms with Crippen LogP contribution in [0.25, 0.3) is 0 Å². The van der Waals surface area contributed by atoms with Gasteiger partial charge in [-0.1, -0.05) is 24.3 Å². The number of Topliss-reactive ketones (excluding diaryl/α,β-unsaturated/α-hetero) is 1. The van der Waals surface area contributed by atoms with Gasteiger partial charge in [0, 0.05) is 13.0 Å². The van der Waals surface area contributed by atoms with E-state index in [9.17, 15) is 4.79 Å². The molecule has 1 aromatic carbocycles. The Bertz CT molecular complexity index is 458. The van der Waals surface area contributed by atoms with E-state index in [0.717, 1.165) is 19.3 Å². The molecule has 1 heterocycles. The van der Waals surface area contributed by atoms with Gasteiger partial charge in [0.15, 0.2) is 5.78 Å². The first kappa shape index (κ1) is 11.9. The van der Waals surface area contributed by atoms with Crippen molar-refractivity contribution >= 4 is 5.78 Å². The molecule has 0 aromatic heterocycles. The SMILES string of the molecule is NCC1CCC(C(=O)CC2Cc3ccccc32)O1. The molecule has 3 atom stereocenters. The minimum Gasteiger partial charge on any atom is -0.366 e. The average Bonchev–Trinajstić information content (AvgIpc) is 2.84. The molecule has 1 aliphatic heterocycles. The van der Waals surface area contributed by atoms with Crippen molar-refractivity contribution in [2.75, 3.05) is 6.54 Å². The Balaban J connectivity index is 1.57. The van der Waals surface area contributed by atoms with E-state index < -0.39 is 0 Å². The summed E-state index contributed by atoms with van der Waals surface area (Å²) in [7, 11) is 0. The van der Waals surface area contributed by atoms with Gasteiger partial charge in [0.2, 0.25) is 0 Å². The molecule has 0 bridgehead atoms. The normalized spacial score (nSPS) is 29.7. The topological polar surface area (TPSA) is 52.3 Å². The molecule has 1 saturated heterocycles. The number of rotatable bonds is 4. The number of hydrogen-bond donors (Lipinski definition) is 1. The van der Waals surface area contributed by atoms with Crippen LogP contribution in [0.15, 0.2) is 24.3 Å². The molecule has 1 aromatic rings. The van der Waals surface area contributed by atoms with Gasteiger partial charge in [0.25, 0.3) is 0 Å². The number of nitrogens with two attached hydrogens (primary N) is 1. The van der Waals surface area contributed by atoms with E-state index in [1.54, 1.807) is 0 Å². The van der Waals surface area contributed by atoms with Crippen molar-refractivity contribution in [2.45, 2.75) is 43.8 Å². The van der Waals surface area contributed by atoms with Crippen LogP contribution < -0.4 is 5.73 Å². The Labute approximate surface area is 107 Å². The zero-order valence-electron chi connectivity index (χ0n) is 10.5. The van der Waals surface area contributed by atoms with Crippen molar-refractivity contribution in [2.24, 2.45) is 5.73 Å². The fourth-order valence-corrected chi connectivity index (χ4v) is 3.04. The molecule has 18 heavy (non-hydrogen) atoms. The third-order valence-electron chi connectivity index (χ3n) is 4.14. The molecule has 3 heteroatoms. The standard InChI is InChI=1S/C15H19NO2/c16-9-12-5-6-15(18-12)14(17)8-11-7-10-3-1-2-4-13(10)11/h1-4,11-12,15H,5-9,16H2. The lowest BCUT2D eigenvalue weighted by Gasteiger charge is -2.30. The Kier molecular flexibility index (Phi) is 3.18. The van der Waals surface area contributed by atoms with Crippen molar-refractivity contribution in [3.63, 3.8) is 0 Å². The van der Waals surface area contributed by atoms with E-state index in [1.807, 2.05) is 6.07 Å². The Hall–Kier alpha value is -1.19. The first-order chi connectivity index (χ1) is 8.78. The molecule has 96 valence electrons. The Morgan fingerprint density at radius 3 is 2.89 bits per heavy atom. The summed E-state index contributed by atoms with van der Waals surface area (Å²) in [6.07, 6.45) is 3.32. The smallest absolute Gasteiger partial charge is 0.162 e. The summed E-state index contributed by atoms with van der Waals surface area (Å²) in [4.78, 5) is 12.2. The maximum Gasteiger partial charge on any atom is 0.162 e. The molecule has 2 aliphatic rings. The number of carbonyl (C=O) groups is 1. The maximum absolute atomic E-state index is 12.2. The molecule has 1 fully saturated rings. The maximum atomic E-state index is 12.2. The van der Waals surface area contributed by atoms with Gasteiger partial charge < -0.3 is 10.5 Å². The van der Waals surface area contributed by atoms with Crippen LogP contribution in [-0.4, -0.2) is 24.5 Å². The van der Waals surface area contributed by atoms with E-state index in [0.29, 0.717) is 18.9 Å². The second kappa shape index (κ2) is 4.82. The van der Waals surface area contributed by atoms with Gasteiger partial charge in [-0.3, -0.25) is 4.79 Å². The molecule has 0 radical (unpaired) electrons. The van der Waals surface area contributed by atoms with Crippen LogP contribution in [0.1, 0.15) is 36.3 Å². The fraction of sp³-hybridized carbons (Fsp3) is 0.533. The third-order valence-corrected chi connectivity index (χ3v) is 4.14. The summed E-state index contributed by atoms with van der Waals surface area (Å²) >= 11 is 0. The van der Waals surface area contributed by atoms with Gasteiger partial charge in [-0.2, -0.15) is 0 Å². The Morgan fingerprint density at radius 1 is 1.33 bits per heavy atom. The third kappa shape index (κ3) is 2.08. The zero-order valence-corrected chi connectivity index (χ0v) is 10.5. The quantitative estimate of drug-likeness (QED) is 0.880. The molecule has 1 aliphatic carbocycles. The highest BCUT2D eigenvalue weighted by Crippen LogP contribution is 2.38. The predicted octanol–water partition coefficient (Wildman–Crippen LogP) is 1.79. The monoisotopic (exact) mass is 245 g/mol. The van der Waals surface area contributed by atoms with Gasteiger partial charge in [-0.15, -0.1) is 0 Å². The first-order valence-corrected chi connectivity index (χ1v) is 6.74. The number of hydrogen-bond acceptors (Lipinski definition) is 3. The molecule has 0 saturated carbocycles. The summed E-state index contributed by atoms with van der Waals surface area (Å²) in [5.74, 6) is 0.666. The Morgan fingerprint density at radius 2 is 2.17 bits per heavy atom. The second-order valence-electron chi connectivity index (χ2n) is 5.33. The lowest BCUT2D eigenvalue weighted by Crippen LogP contribution is -2.28. The molecule has 3 nitrogen and oxygen atoms in total. The first-order valence-electron chi connectivity index (χ1n) is 6.74. The largest absolute Gasteiger partial charge is 0.366 e. The van der Waals surface area contributed by atoms with Crippen LogP contribution in [0.4, 0.5) is 0 Å². The minimum absolute atomic E-state index is 0.0904. The van der Waals surface area contributed by atoms with Crippen LogP contribution in [-0.2, 0) is 16.0 Å². The van der Waals surface area contributed by atoms with E-state index in [4.69, 9.17) is 10.5 Å². The summed E-state index contributed by atoms with van der Waals surface area (Å²) in [6.45, 7) is 0.524. The van der Waals surface area contributed by atoms with E-state index in [-0.39, 0.29) is 18.0 Å². The number of benzene rings is 1. The predicted molar refractivity (Wildman–Crippen MR) is 69.5 cm³/mol. The van der Waals surface area contributed by atoms with Crippen molar-refractivity contribution in [3.8, 4) is 0 Å². The molecule has 3 rings (SSSR count). The molecular weight excluding hydrogens is 226 g/mol. The van der Waals surface area contributed by atoms with Crippen LogP contribution >= 0.6 is 0 Å². The summed E-state index contributed by atoms with van der Waals surface area (Å²) in [6, 6.07) is 8.39. The van der Waals surface area contributed by atoms with E-state index in [1.165, 1.54) is 11.1 Å². The summed E-state index contributed by atoms with van der Waals surface area (Å²) < 4.78 is 5.66. The number of ketones is 1. The van der Waals surface area contributed by atoms with Gasteiger partial charge >= 0.3 is 0 Å². The zero-order chi connectivity index (χ0) is 12.5. The molecule has 0 amide bonds. The van der Waals surface area contributed by atoms with Gasteiger partial charge in [-0.05, 0) is 36.3 Å². The van der Waals surface area contributed by atoms with E-state index in [2.05, 4.69) is 18.2 Å². The van der Waals surface area contributed by atoms with Gasteiger partial charge in [0.05, 0.1) is 6.10 Å². The van der Waals surface area contributed by atoms with Crippen molar-refractivity contribution in [3.05, 3.63) is 35.4 Å². The van der Waals surface area contributed by atoms with Gasteiger partial charge in [-0.25, -0.2) is 0 Å². The van der Waals surface area contributed by atoms with Crippen LogP contribution in [0, 0.1) is 0 Å². The van der Waals surface area contributed by atoms with Crippen molar-refractivity contribution in [1.29, 1.82) is 0 Å². The van der Waals surface area contributed by atoms with Crippen LogP contribution in [0.3, 0.4) is 0 Å². The summed E-state index contributed by atoms with van der Waals surface area (Å²) in [5, 5.41) is 0. The highest BCUT2D eigenvalue weighted by molar-refractivity contribution is 5.84. The van der Waals surface area contributed by atoms with Crippen LogP contribution in [0.2, 0.25) is 0 Å². The van der Waals surface area contributed by atoms with Crippen molar-refractivity contribution < 1.29 is 9.53 Å². The van der Waals surface area contributed by atoms with Crippen molar-refractivity contribution in [1.82, 2.24) is 0 Å². The number of fused-ring (bicyclic) bond motifs is 1. The highest BCUT2D eigenvalue weighted by Gasteiger charge is 2.34. The molecular formula is C15H19NO2. The average molecular weight is 245 g/mol. The van der Waals surface area contributed by atoms with E-state index >= 15 is 0 Å². The minimum atomic E-state index is -0.202. The van der Waals surface area contributed by atoms with Gasteiger partial charge in [0.1, 0.15) is 6.10 Å². The second-order valence-corrected chi connectivity index (χ2v) is 5.33. The molecule has 3 unspecified atom stereocenters. The number of ether oxygens (including phenoxy) is 1. The molecule has 0 spiro atoms. The fourth-order valence-electron chi connectivity index (χ4n) is 3.04. The lowest BCUT2D eigenvalue weighted by molar-refractivity contribution is -0.130. The molecule has 2 N–H and O–H groups in total. The number of carbonyl (C=O) groups excluding carboxylic acids is 1. The van der Waals surface area contributed by atoms with Crippen LogP contribution in [0.5, 0.6) is 0 Å². The lowest BCUT2D eigenvalue weighted by atomic mass is 9.74. The summed E-state index contributed by atoms with van der Waals surface area (Å²) in [5.41, 5.74) is 8.30. The highest BCUT2D eigenvalue weighted by atomic mass is 16.5.